The van der Waals surface area contributed by atoms with E-state index in [2.05, 4.69) is 32.7 Å². The number of carbonyl (C=O) groups is 1. The molecule has 0 radical (unpaired) electrons. The van der Waals surface area contributed by atoms with Crippen molar-refractivity contribution in [2.75, 3.05) is 24.3 Å². The number of rotatable bonds is 7. The summed E-state index contributed by atoms with van der Waals surface area (Å²) in [5.74, 6) is 1.11. The minimum absolute atomic E-state index is 0.219. The summed E-state index contributed by atoms with van der Waals surface area (Å²) < 4.78 is 5.24. The van der Waals surface area contributed by atoms with Crippen LogP contribution >= 0.6 is 0 Å². The summed E-state index contributed by atoms with van der Waals surface area (Å²) in [5.41, 5.74) is 5.66. The molecule has 0 bridgehead atoms. The first kappa shape index (κ1) is 20.3. The Balaban J connectivity index is 1.57. The van der Waals surface area contributed by atoms with E-state index < -0.39 is 0 Å². The summed E-state index contributed by atoms with van der Waals surface area (Å²) in [4.78, 5) is 21.1. The van der Waals surface area contributed by atoms with Gasteiger partial charge in [0.1, 0.15) is 5.75 Å². The summed E-state index contributed by atoms with van der Waals surface area (Å²) in [5, 5.41) is 6.14. The number of amides is 1. The molecule has 6 nitrogen and oxygen atoms in total. The molecule has 0 aliphatic heterocycles. The van der Waals surface area contributed by atoms with Gasteiger partial charge in [0.05, 0.1) is 12.7 Å². The number of ether oxygens (including phenoxy) is 1. The van der Waals surface area contributed by atoms with Crippen molar-refractivity contribution in [3.05, 3.63) is 76.6 Å². The second-order valence-corrected chi connectivity index (χ2v) is 7.05. The average molecular weight is 390 g/mol. The van der Waals surface area contributed by atoms with Crippen molar-refractivity contribution in [1.29, 1.82) is 0 Å². The average Bonchev–Trinajstić information content (AvgIpc) is 2.71. The molecule has 0 aliphatic rings. The van der Waals surface area contributed by atoms with Crippen molar-refractivity contribution in [2.24, 2.45) is 0 Å². The van der Waals surface area contributed by atoms with Crippen LogP contribution in [0.3, 0.4) is 0 Å². The van der Waals surface area contributed by atoms with Gasteiger partial charge in [-0.1, -0.05) is 29.8 Å². The number of hydrogen-bond donors (Lipinski definition) is 2. The molecule has 0 fully saturated rings. The predicted molar refractivity (Wildman–Crippen MR) is 116 cm³/mol. The smallest absolute Gasteiger partial charge is 0.258 e. The normalized spacial score (nSPS) is 10.5. The van der Waals surface area contributed by atoms with Crippen LogP contribution < -0.4 is 15.4 Å². The number of benzene rings is 2. The molecule has 0 spiro atoms. The van der Waals surface area contributed by atoms with Gasteiger partial charge in [0.15, 0.2) is 0 Å². The topological polar surface area (TPSA) is 76.1 Å². The molecule has 150 valence electrons. The van der Waals surface area contributed by atoms with Gasteiger partial charge < -0.3 is 15.4 Å². The lowest BCUT2D eigenvalue weighted by atomic mass is 10.0. The fraction of sp³-hybridized carbons (Fsp3) is 0.261. The Bertz CT molecular complexity index is 977. The largest absolute Gasteiger partial charge is 0.497 e. The summed E-state index contributed by atoms with van der Waals surface area (Å²) in [6, 6.07) is 12.0. The molecule has 0 atom stereocenters. The van der Waals surface area contributed by atoms with E-state index in [9.17, 15) is 4.79 Å². The third-order valence-electron chi connectivity index (χ3n) is 4.66. The van der Waals surface area contributed by atoms with E-state index in [1.807, 2.05) is 45.0 Å². The van der Waals surface area contributed by atoms with Crippen molar-refractivity contribution >= 4 is 17.5 Å². The number of aromatic nitrogens is 2. The van der Waals surface area contributed by atoms with E-state index in [4.69, 9.17) is 4.74 Å². The van der Waals surface area contributed by atoms with Crippen LogP contribution in [0, 0.1) is 20.8 Å². The monoisotopic (exact) mass is 390 g/mol. The minimum Gasteiger partial charge on any atom is -0.497 e. The fourth-order valence-corrected chi connectivity index (χ4v) is 3.25. The van der Waals surface area contributed by atoms with Crippen LogP contribution in [-0.4, -0.2) is 29.5 Å². The van der Waals surface area contributed by atoms with Crippen LogP contribution in [0.25, 0.3) is 0 Å². The summed E-state index contributed by atoms with van der Waals surface area (Å²) in [6.45, 7) is 6.70. The van der Waals surface area contributed by atoms with Crippen molar-refractivity contribution in [2.45, 2.75) is 27.2 Å². The SMILES string of the molecule is COc1cccc(CCNc2ncc(C(=O)Nc3c(C)cc(C)cc3C)cn2)c1. The highest BCUT2D eigenvalue weighted by Crippen LogP contribution is 2.22. The molecule has 3 rings (SSSR count). The quantitative estimate of drug-likeness (QED) is 0.628. The summed E-state index contributed by atoms with van der Waals surface area (Å²) >= 11 is 0. The first-order valence-corrected chi connectivity index (χ1v) is 9.54. The summed E-state index contributed by atoms with van der Waals surface area (Å²) in [6.07, 6.45) is 3.89. The molecule has 1 aromatic heterocycles. The Morgan fingerprint density at radius 2 is 1.72 bits per heavy atom. The Kier molecular flexibility index (Phi) is 6.44. The maximum absolute atomic E-state index is 12.6. The lowest BCUT2D eigenvalue weighted by molar-refractivity contribution is 0.102. The van der Waals surface area contributed by atoms with E-state index in [0.717, 1.165) is 34.5 Å². The maximum Gasteiger partial charge on any atom is 0.258 e. The third-order valence-corrected chi connectivity index (χ3v) is 4.66. The van der Waals surface area contributed by atoms with Gasteiger partial charge in [-0.05, 0) is 56.0 Å². The number of methoxy groups -OCH3 is 1. The van der Waals surface area contributed by atoms with Crippen LogP contribution in [0.15, 0.2) is 48.8 Å². The van der Waals surface area contributed by atoms with Gasteiger partial charge in [0.25, 0.3) is 5.91 Å². The van der Waals surface area contributed by atoms with Crippen molar-refractivity contribution in [3.63, 3.8) is 0 Å². The fourth-order valence-electron chi connectivity index (χ4n) is 3.25. The molecule has 0 unspecified atom stereocenters. The van der Waals surface area contributed by atoms with Gasteiger partial charge in [-0.25, -0.2) is 9.97 Å². The number of aryl methyl sites for hydroxylation is 3. The molecular weight excluding hydrogens is 364 g/mol. The van der Waals surface area contributed by atoms with Crippen LogP contribution in [0.1, 0.15) is 32.6 Å². The van der Waals surface area contributed by atoms with Crippen molar-refractivity contribution in [1.82, 2.24) is 9.97 Å². The minimum atomic E-state index is -0.219. The second kappa shape index (κ2) is 9.19. The second-order valence-electron chi connectivity index (χ2n) is 7.05. The Hall–Kier alpha value is -3.41. The van der Waals surface area contributed by atoms with Gasteiger partial charge >= 0.3 is 0 Å². The number of anilines is 2. The Labute approximate surface area is 171 Å². The molecule has 29 heavy (non-hydrogen) atoms. The zero-order valence-electron chi connectivity index (χ0n) is 17.2. The lowest BCUT2D eigenvalue weighted by Crippen LogP contribution is -2.15. The van der Waals surface area contributed by atoms with Crippen molar-refractivity contribution < 1.29 is 9.53 Å². The highest BCUT2D eigenvalue weighted by Gasteiger charge is 2.11. The summed E-state index contributed by atoms with van der Waals surface area (Å²) in [7, 11) is 1.66. The third kappa shape index (κ3) is 5.31. The number of nitrogens with zero attached hydrogens (tertiary/aromatic N) is 2. The van der Waals surface area contributed by atoms with E-state index in [1.54, 1.807) is 7.11 Å². The van der Waals surface area contributed by atoms with E-state index >= 15 is 0 Å². The Morgan fingerprint density at radius 1 is 1.03 bits per heavy atom. The van der Waals surface area contributed by atoms with Gasteiger partial charge in [-0.2, -0.15) is 0 Å². The molecular formula is C23H26N4O2. The number of carbonyl (C=O) groups excluding carboxylic acids is 1. The molecule has 2 aromatic carbocycles. The molecule has 0 aliphatic carbocycles. The van der Waals surface area contributed by atoms with Gasteiger partial charge in [0, 0.05) is 24.6 Å². The van der Waals surface area contributed by atoms with Crippen LogP contribution in [0.2, 0.25) is 0 Å². The molecule has 0 saturated carbocycles. The highest BCUT2D eigenvalue weighted by atomic mass is 16.5. The molecule has 3 aromatic rings. The van der Waals surface area contributed by atoms with Crippen molar-refractivity contribution in [3.8, 4) is 5.75 Å². The number of nitrogens with one attached hydrogen (secondary N) is 2. The maximum atomic E-state index is 12.6. The van der Waals surface area contributed by atoms with Gasteiger partial charge in [0.2, 0.25) is 5.95 Å². The van der Waals surface area contributed by atoms with Gasteiger partial charge in [-0.15, -0.1) is 0 Å². The standard InChI is InChI=1S/C23H26N4O2/c1-15-10-16(2)21(17(3)11-15)27-22(28)19-13-25-23(26-14-19)24-9-8-18-6-5-7-20(12-18)29-4/h5-7,10-14H,8-9H2,1-4H3,(H,27,28)(H,24,25,26). The van der Waals surface area contributed by atoms with E-state index in [0.29, 0.717) is 18.1 Å². The van der Waals surface area contributed by atoms with E-state index in [1.165, 1.54) is 18.0 Å². The van der Waals surface area contributed by atoms with Crippen LogP contribution in [0.5, 0.6) is 5.75 Å². The predicted octanol–water partition coefficient (Wildman–Crippen LogP) is 4.32. The first-order valence-electron chi connectivity index (χ1n) is 9.54. The number of hydrogen-bond acceptors (Lipinski definition) is 5. The zero-order valence-corrected chi connectivity index (χ0v) is 17.2. The molecule has 6 heteroatoms. The lowest BCUT2D eigenvalue weighted by Gasteiger charge is -2.13. The van der Waals surface area contributed by atoms with Crippen LogP contribution in [0.4, 0.5) is 11.6 Å². The first-order chi connectivity index (χ1) is 14.0. The molecule has 1 amide bonds. The molecule has 0 saturated heterocycles. The van der Waals surface area contributed by atoms with Gasteiger partial charge in [-0.3, -0.25) is 4.79 Å². The Morgan fingerprint density at radius 3 is 2.38 bits per heavy atom. The zero-order chi connectivity index (χ0) is 20.8. The van der Waals surface area contributed by atoms with Crippen LogP contribution in [-0.2, 0) is 6.42 Å². The van der Waals surface area contributed by atoms with E-state index in [-0.39, 0.29) is 5.91 Å². The molecule has 1 heterocycles. The molecule has 2 N–H and O–H groups in total. The highest BCUT2D eigenvalue weighted by molar-refractivity contribution is 6.04.